The SMILES string of the molecule is Ic1nc(-c2ccccc2)cc(-c2cccc3sc4ccccc4c23)n1. The van der Waals surface area contributed by atoms with Crippen LogP contribution in [-0.4, -0.2) is 9.97 Å². The van der Waals surface area contributed by atoms with Crippen molar-refractivity contribution >= 4 is 54.1 Å². The minimum Gasteiger partial charge on any atom is -0.223 e. The topological polar surface area (TPSA) is 25.8 Å². The van der Waals surface area contributed by atoms with Gasteiger partial charge in [-0.25, -0.2) is 9.97 Å². The van der Waals surface area contributed by atoms with Gasteiger partial charge in [0, 0.05) is 53.9 Å². The van der Waals surface area contributed by atoms with E-state index in [1.807, 2.05) is 29.5 Å². The second-order valence-electron chi connectivity index (χ2n) is 6.05. The second-order valence-corrected chi connectivity index (χ2v) is 8.10. The van der Waals surface area contributed by atoms with Crippen molar-refractivity contribution in [2.24, 2.45) is 0 Å². The van der Waals surface area contributed by atoms with E-state index in [4.69, 9.17) is 4.98 Å². The number of benzene rings is 3. The highest BCUT2D eigenvalue weighted by molar-refractivity contribution is 14.1. The summed E-state index contributed by atoms with van der Waals surface area (Å²) < 4.78 is 3.36. The number of thiophene rings is 1. The molecule has 0 bridgehead atoms. The van der Waals surface area contributed by atoms with E-state index < -0.39 is 0 Å². The summed E-state index contributed by atoms with van der Waals surface area (Å²) in [6, 6.07) is 27.4. The lowest BCUT2D eigenvalue weighted by Gasteiger charge is -2.08. The summed E-state index contributed by atoms with van der Waals surface area (Å²) in [6.07, 6.45) is 0. The average molecular weight is 464 g/mol. The van der Waals surface area contributed by atoms with Gasteiger partial charge in [0.1, 0.15) is 0 Å². The Kier molecular flexibility index (Phi) is 3.94. The van der Waals surface area contributed by atoms with Gasteiger partial charge in [0.05, 0.1) is 11.4 Å². The van der Waals surface area contributed by atoms with Crippen LogP contribution < -0.4 is 0 Å². The Morgan fingerprint density at radius 2 is 1.42 bits per heavy atom. The molecule has 0 saturated heterocycles. The average Bonchev–Trinajstić information content (AvgIpc) is 3.07. The zero-order chi connectivity index (χ0) is 17.5. The summed E-state index contributed by atoms with van der Waals surface area (Å²) in [7, 11) is 0. The van der Waals surface area contributed by atoms with Crippen LogP contribution in [0, 0.1) is 3.83 Å². The number of nitrogens with zero attached hydrogens (tertiary/aromatic N) is 2. The lowest BCUT2D eigenvalue weighted by Crippen LogP contribution is -1.94. The molecular weight excluding hydrogens is 451 g/mol. The van der Waals surface area contributed by atoms with Crippen molar-refractivity contribution in [1.29, 1.82) is 0 Å². The molecule has 0 radical (unpaired) electrons. The zero-order valence-corrected chi connectivity index (χ0v) is 16.7. The predicted molar refractivity (Wildman–Crippen MR) is 119 cm³/mol. The van der Waals surface area contributed by atoms with Gasteiger partial charge in [0.15, 0.2) is 3.83 Å². The summed E-state index contributed by atoms with van der Waals surface area (Å²) >= 11 is 4.04. The van der Waals surface area contributed by atoms with Gasteiger partial charge in [-0.15, -0.1) is 11.3 Å². The summed E-state index contributed by atoms with van der Waals surface area (Å²) in [6.45, 7) is 0. The van der Waals surface area contributed by atoms with Crippen molar-refractivity contribution < 1.29 is 0 Å². The Hall–Kier alpha value is -2.31. The summed E-state index contributed by atoms with van der Waals surface area (Å²) in [4.78, 5) is 9.38. The molecule has 5 aromatic rings. The molecule has 0 amide bonds. The zero-order valence-electron chi connectivity index (χ0n) is 13.7. The van der Waals surface area contributed by atoms with Gasteiger partial charge in [-0.3, -0.25) is 0 Å². The van der Waals surface area contributed by atoms with E-state index in [9.17, 15) is 0 Å². The van der Waals surface area contributed by atoms with Gasteiger partial charge < -0.3 is 0 Å². The molecular formula is C22H13IN2S. The van der Waals surface area contributed by atoms with Gasteiger partial charge in [-0.2, -0.15) is 0 Å². The Morgan fingerprint density at radius 3 is 2.31 bits per heavy atom. The highest BCUT2D eigenvalue weighted by Crippen LogP contribution is 2.39. The van der Waals surface area contributed by atoms with Crippen LogP contribution in [0.2, 0.25) is 0 Å². The Labute approximate surface area is 168 Å². The predicted octanol–water partition coefficient (Wildman–Crippen LogP) is 6.78. The van der Waals surface area contributed by atoms with Crippen molar-refractivity contribution in [2.75, 3.05) is 0 Å². The maximum absolute atomic E-state index is 4.75. The van der Waals surface area contributed by atoms with E-state index in [2.05, 4.69) is 88.2 Å². The molecule has 2 nitrogen and oxygen atoms in total. The smallest absolute Gasteiger partial charge is 0.191 e. The lowest BCUT2D eigenvalue weighted by molar-refractivity contribution is 1.12. The second kappa shape index (κ2) is 6.45. The van der Waals surface area contributed by atoms with Crippen molar-refractivity contribution in [1.82, 2.24) is 9.97 Å². The first kappa shape index (κ1) is 15.9. The first-order valence-electron chi connectivity index (χ1n) is 8.30. The van der Waals surface area contributed by atoms with Gasteiger partial charge in [0.25, 0.3) is 0 Å². The molecule has 0 unspecified atom stereocenters. The normalized spacial score (nSPS) is 11.3. The fourth-order valence-electron chi connectivity index (χ4n) is 3.30. The van der Waals surface area contributed by atoms with E-state index in [1.165, 1.54) is 20.2 Å². The largest absolute Gasteiger partial charge is 0.223 e. The molecule has 0 saturated carbocycles. The molecule has 124 valence electrons. The van der Waals surface area contributed by atoms with Crippen LogP contribution in [0.3, 0.4) is 0 Å². The molecule has 0 aliphatic heterocycles. The van der Waals surface area contributed by atoms with E-state index in [0.717, 1.165) is 26.3 Å². The van der Waals surface area contributed by atoms with E-state index in [0.29, 0.717) is 0 Å². The molecule has 0 fully saturated rings. The monoisotopic (exact) mass is 464 g/mol. The van der Waals surface area contributed by atoms with Crippen LogP contribution in [0.5, 0.6) is 0 Å². The lowest BCUT2D eigenvalue weighted by atomic mass is 10.0. The van der Waals surface area contributed by atoms with Gasteiger partial charge >= 0.3 is 0 Å². The maximum Gasteiger partial charge on any atom is 0.191 e. The Morgan fingerprint density at radius 1 is 0.692 bits per heavy atom. The molecule has 0 aliphatic carbocycles. The third-order valence-electron chi connectivity index (χ3n) is 4.45. The van der Waals surface area contributed by atoms with E-state index in [1.54, 1.807) is 0 Å². The number of hydrogen-bond donors (Lipinski definition) is 0. The van der Waals surface area contributed by atoms with Crippen LogP contribution in [0.1, 0.15) is 0 Å². The standard InChI is InChI=1S/C22H13IN2S/c23-22-24-17(14-7-2-1-3-8-14)13-18(25-22)15-10-6-12-20-21(15)16-9-4-5-11-19(16)26-20/h1-13H. The maximum atomic E-state index is 4.75. The van der Waals surface area contributed by atoms with Crippen LogP contribution >= 0.6 is 33.9 Å². The first-order valence-corrected chi connectivity index (χ1v) is 10.2. The van der Waals surface area contributed by atoms with Crippen molar-refractivity contribution in [3.8, 4) is 22.5 Å². The molecule has 0 spiro atoms. The van der Waals surface area contributed by atoms with E-state index in [-0.39, 0.29) is 0 Å². The molecule has 5 rings (SSSR count). The molecule has 4 heteroatoms. The fraction of sp³-hybridized carbons (Fsp3) is 0. The highest BCUT2D eigenvalue weighted by atomic mass is 127. The number of fused-ring (bicyclic) bond motifs is 3. The first-order chi connectivity index (χ1) is 12.8. The minimum absolute atomic E-state index is 0.760. The summed E-state index contributed by atoms with van der Waals surface area (Å²) in [5.74, 6) is 0. The number of rotatable bonds is 2. The van der Waals surface area contributed by atoms with Crippen molar-refractivity contribution in [3.63, 3.8) is 0 Å². The molecule has 0 N–H and O–H groups in total. The third kappa shape index (κ3) is 2.70. The summed E-state index contributed by atoms with van der Waals surface area (Å²) in [5.41, 5.74) is 4.20. The quantitative estimate of drug-likeness (QED) is 0.213. The molecule has 26 heavy (non-hydrogen) atoms. The van der Waals surface area contributed by atoms with Gasteiger partial charge in [0.2, 0.25) is 0 Å². The van der Waals surface area contributed by atoms with Gasteiger partial charge in [-0.1, -0.05) is 60.7 Å². The molecule has 3 aromatic carbocycles. The van der Waals surface area contributed by atoms with Crippen molar-refractivity contribution in [2.45, 2.75) is 0 Å². The highest BCUT2D eigenvalue weighted by Gasteiger charge is 2.13. The number of halogens is 1. The molecule has 0 atom stereocenters. The van der Waals surface area contributed by atoms with Crippen LogP contribution in [0.25, 0.3) is 42.7 Å². The summed E-state index contributed by atoms with van der Waals surface area (Å²) in [5, 5.41) is 2.57. The van der Waals surface area contributed by atoms with Crippen LogP contribution in [-0.2, 0) is 0 Å². The van der Waals surface area contributed by atoms with Gasteiger partial charge in [-0.05, 0) is 18.2 Å². The molecule has 2 heterocycles. The third-order valence-corrected chi connectivity index (χ3v) is 6.07. The Bertz CT molecular complexity index is 1250. The number of aromatic nitrogens is 2. The van der Waals surface area contributed by atoms with Crippen LogP contribution in [0.4, 0.5) is 0 Å². The molecule has 2 aromatic heterocycles. The van der Waals surface area contributed by atoms with Crippen molar-refractivity contribution in [3.05, 3.63) is 82.7 Å². The minimum atomic E-state index is 0.760. The fourth-order valence-corrected chi connectivity index (χ4v) is 4.95. The van der Waals surface area contributed by atoms with E-state index >= 15 is 0 Å². The van der Waals surface area contributed by atoms with Crippen LogP contribution in [0.15, 0.2) is 78.9 Å². The Balaban J connectivity index is 1.80. The number of hydrogen-bond acceptors (Lipinski definition) is 3. The molecule has 0 aliphatic rings.